The summed E-state index contributed by atoms with van der Waals surface area (Å²) < 4.78 is 0. The molecule has 2 N–H and O–H groups in total. The maximum atomic E-state index is 9.27. The van der Waals surface area contributed by atoms with Gasteiger partial charge in [-0.15, -0.1) is 0 Å². The summed E-state index contributed by atoms with van der Waals surface area (Å²) in [6.07, 6.45) is 3.02. The van der Waals surface area contributed by atoms with Gasteiger partial charge in [0.05, 0.1) is 16.3 Å². The van der Waals surface area contributed by atoms with Crippen molar-refractivity contribution in [2.75, 3.05) is 5.43 Å². The number of phenolic OH excluding ortho intramolecular Hbond substituents is 1. The first-order chi connectivity index (χ1) is 8.65. The number of nitrogens with one attached hydrogen (secondary N) is 1. The molecule has 0 aliphatic carbocycles. The van der Waals surface area contributed by atoms with Crippen molar-refractivity contribution in [2.24, 2.45) is 5.10 Å². The second-order valence-corrected chi connectivity index (χ2v) is 4.29. The number of halogens is 2. The maximum Gasteiger partial charge on any atom is 0.165 e. The second-order valence-electron chi connectivity index (χ2n) is 3.45. The fourth-order valence-corrected chi connectivity index (χ4v) is 1.69. The highest BCUT2D eigenvalue weighted by atomic mass is 35.5. The molecule has 1 heterocycles. The molecule has 0 aliphatic rings. The number of nitrogens with zero attached hydrogens (tertiary/aromatic N) is 2. The molecular weight excluding hydrogens is 273 g/mol. The number of benzene rings is 1. The average Bonchev–Trinajstić information content (AvgIpc) is 2.32. The highest BCUT2D eigenvalue weighted by molar-refractivity contribution is 6.35. The van der Waals surface area contributed by atoms with Crippen LogP contribution in [0, 0.1) is 0 Å². The van der Waals surface area contributed by atoms with Gasteiger partial charge in [-0.3, -0.25) is 5.43 Å². The van der Waals surface area contributed by atoms with E-state index in [1.54, 1.807) is 30.5 Å². The molecule has 2 aromatic rings. The minimum Gasteiger partial charge on any atom is -0.508 e. The summed E-state index contributed by atoms with van der Waals surface area (Å²) in [5.74, 6) is 0.596. The highest BCUT2D eigenvalue weighted by Crippen LogP contribution is 2.22. The van der Waals surface area contributed by atoms with Crippen LogP contribution in [0.1, 0.15) is 5.56 Å². The molecule has 0 bridgehead atoms. The molecule has 6 heteroatoms. The smallest absolute Gasteiger partial charge is 0.165 e. The molecule has 18 heavy (non-hydrogen) atoms. The number of rotatable bonds is 3. The molecule has 0 spiro atoms. The standard InChI is InChI=1S/C12H9Cl2N3O/c13-9-5-11(14)12(15-7-9)17-16-6-8-2-1-3-10(18)4-8/h1-7,18H,(H,15,17)/b16-6+. The molecule has 1 aromatic carbocycles. The molecule has 4 nitrogen and oxygen atoms in total. The molecule has 0 saturated carbocycles. The van der Waals surface area contributed by atoms with Crippen LogP contribution in [0.3, 0.4) is 0 Å². The molecule has 0 radical (unpaired) electrons. The number of hydrazone groups is 1. The Bertz CT molecular complexity index is 587. The Morgan fingerprint density at radius 1 is 1.28 bits per heavy atom. The SMILES string of the molecule is Oc1cccc(/C=N/Nc2ncc(Cl)cc2Cl)c1. The zero-order valence-corrected chi connectivity index (χ0v) is 10.7. The number of aromatic nitrogens is 1. The van der Waals surface area contributed by atoms with Crippen LogP contribution in [0.2, 0.25) is 10.0 Å². The third-order valence-corrected chi connectivity index (χ3v) is 2.56. The fourth-order valence-electron chi connectivity index (χ4n) is 1.27. The van der Waals surface area contributed by atoms with Gasteiger partial charge >= 0.3 is 0 Å². The third kappa shape index (κ3) is 3.35. The van der Waals surface area contributed by atoms with Gasteiger partial charge in [-0.05, 0) is 23.8 Å². The van der Waals surface area contributed by atoms with Crippen LogP contribution >= 0.6 is 23.2 Å². The maximum absolute atomic E-state index is 9.27. The summed E-state index contributed by atoms with van der Waals surface area (Å²) in [6.45, 7) is 0. The van der Waals surface area contributed by atoms with Crippen LogP contribution in [0.15, 0.2) is 41.6 Å². The summed E-state index contributed by atoms with van der Waals surface area (Å²) in [6, 6.07) is 8.28. The van der Waals surface area contributed by atoms with E-state index >= 15 is 0 Å². The quantitative estimate of drug-likeness (QED) is 0.668. The Hall–Kier alpha value is -1.78. The number of anilines is 1. The largest absolute Gasteiger partial charge is 0.508 e. The average molecular weight is 282 g/mol. The lowest BCUT2D eigenvalue weighted by molar-refractivity contribution is 0.475. The van der Waals surface area contributed by atoms with E-state index in [2.05, 4.69) is 15.5 Å². The van der Waals surface area contributed by atoms with Gasteiger partial charge in [0.25, 0.3) is 0 Å². The van der Waals surface area contributed by atoms with Gasteiger partial charge in [-0.1, -0.05) is 35.3 Å². The zero-order valence-electron chi connectivity index (χ0n) is 9.14. The first kappa shape index (κ1) is 12.7. The van der Waals surface area contributed by atoms with Crippen LogP contribution in [0.5, 0.6) is 5.75 Å². The molecule has 0 saturated heterocycles. The van der Waals surface area contributed by atoms with Crippen molar-refractivity contribution in [1.29, 1.82) is 0 Å². The van der Waals surface area contributed by atoms with Gasteiger partial charge in [0.15, 0.2) is 5.82 Å². The molecule has 2 rings (SSSR count). The van der Waals surface area contributed by atoms with E-state index in [0.29, 0.717) is 15.9 Å². The van der Waals surface area contributed by atoms with Gasteiger partial charge in [-0.2, -0.15) is 5.10 Å². The second kappa shape index (κ2) is 5.71. The number of pyridine rings is 1. The monoisotopic (exact) mass is 281 g/mol. The van der Waals surface area contributed by atoms with Crippen molar-refractivity contribution in [3.63, 3.8) is 0 Å². The third-order valence-electron chi connectivity index (χ3n) is 2.06. The number of hydrogen-bond acceptors (Lipinski definition) is 4. The molecule has 92 valence electrons. The highest BCUT2D eigenvalue weighted by Gasteiger charge is 2.00. The van der Waals surface area contributed by atoms with Gasteiger partial charge in [-0.25, -0.2) is 4.98 Å². The normalized spacial score (nSPS) is 10.8. The molecule has 0 amide bonds. The molecule has 1 aromatic heterocycles. The van der Waals surface area contributed by atoms with E-state index in [1.807, 2.05) is 6.07 Å². The lowest BCUT2D eigenvalue weighted by Crippen LogP contribution is -1.94. The van der Waals surface area contributed by atoms with Crippen molar-refractivity contribution < 1.29 is 5.11 Å². The van der Waals surface area contributed by atoms with E-state index in [4.69, 9.17) is 23.2 Å². The van der Waals surface area contributed by atoms with Crippen LogP contribution in [-0.2, 0) is 0 Å². The summed E-state index contributed by atoms with van der Waals surface area (Å²) in [4.78, 5) is 3.99. The Kier molecular flexibility index (Phi) is 4.02. The topological polar surface area (TPSA) is 57.5 Å². The van der Waals surface area contributed by atoms with Gasteiger partial charge in [0.1, 0.15) is 5.75 Å². The number of aromatic hydroxyl groups is 1. The van der Waals surface area contributed by atoms with E-state index < -0.39 is 0 Å². The Balaban J connectivity index is 2.07. The minimum absolute atomic E-state index is 0.182. The van der Waals surface area contributed by atoms with Crippen LogP contribution in [0.4, 0.5) is 5.82 Å². The van der Waals surface area contributed by atoms with Gasteiger partial charge in [0.2, 0.25) is 0 Å². The molecule has 0 fully saturated rings. The van der Waals surface area contributed by atoms with E-state index in [9.17, 15) is 5.11 Å². The van der Waals surface area contributed by atoms with Crippen molar-refractivity contribution in [3.8, 4) is 5.75 Å². The lowest BCUT2D eigenvalue weighted by Gasteiger charge is -2.01. The predicted molar refractivity (Wildman–Crippen MR) is 73.6 cm³/mol. The van der Waals surface area contributed by atoms with Crippen LogP contribution < -0.4 is 5.43 Å². The molecule has 0 atom stereocenters. The van der Waals surface area contributed by atoms with Gasteiger partial charge < -0.3 is 5.11 Å². The van der Waals surface area contributed by atoms with Crippen molar-refractivity contribution in [3.05, 3.63) is 52.1 Å². The van der Waals surface area contributed by atoms with Crippen molar-refractivity contribution >= 4 is 35.2 Å². The van der Waals surface area contributed by atoms with Gasteiger partial charge in [0, 0.05) is 6.20 Å². The predicted octanol–water partition coefficient (Wildman–Crippen LogP) is 3.54. The van der Waals surface area contributed by atoms with Crippen LogP contribution in [0.25, 0.3) is 0 Å². The number of hydrogen-bond donors (Lipinski definition) is 2. The minimum atomic E-state index is 0.182. The summed E-state index contributed by atoms with van der Waals surface area (Å²) in [7, 11) is 0. The van der Waals surface area contributed by atoms with E-state index in [0.717, 1.165) is 5.56 Å². The Morgan fingerprint density at radius 3 is 2.83 bits per heavy atom. The van der Waals surface area contributed by atoms with E-state index in [-0.39, 0.29) is 5.75 Å². The first-order valence-corrected chi connectivity index (χ1v) is 5.80. The molecule has 0 aliphatic heterocycles. The first-order valence-electron chi connectivity index (χ1n) is 5.04. The zero-order chi connectivity index (χ0) is 13.0. The summed E-state index contributed by atoms with van der Waals surface area (Å²) >= 11 is 11.6. The summed E-state index contributed by atoms with van der Waals surface area (Å²) in [5.41, 5.74) is 3.45. The molecule has 0 unspecified atom stereocenters. The summed E-state index contributed by atoms with van der Waals surface area (Å²) in [5, 5.41) is 14.1. The Labute approximate surface area is 114 Å². The lowest BCUT2D eigenvalue weighted by atomic mass is 10.2. The van der Waals surface area contributed by atoms with Crippen molar-refractivity contribution in [1.82, 2.24) is 4.98 Å². The fraction of sp³-hybridized carbons (Fsp3) is 0. The Morgan fingerprint density at radius 2 is 2.11 bits per heavy atom. The number of phenols is 1. The van der Waals surface area contributed by atoms with Crippen molar-refractivity contribution in [2.45, 2.75) is 0 Å². The van der Waals surface area contributed by atoms with Crippen LogP contribution in [-0.4, -0.2) is 16.3 Å². The van der Waals surface area contributed by atoms with E-state index in [1.165, 1.54) is 6.20 Å². The molecular formula is C12H9Cl2N3O.